The normalized spacial score (nSPS) is 34.4. The molecule has 3 aliphatic carbocycles. The van der Waals surface area contributed by atoms with Crippen LogP contribution in [0.5, 0.6) is 0 Å². The number of allylic oxidation sites excluding steroid dienone is 3. The van der Waals surface area contributed by atoms with Crippen LogP contribution in [0.3, 0.4) is 0 Å². The summed E-state index contributed by atoms with van der Waals surface area (Å²) in [4.78, 5) is 0. The molecule has 3 N–H and O–H groups in total. The minimum atomic E-state index is -0.786. The fourth-order valence-electron chi connectivity index (χ4n) is 8.43. The van der Waals surface area contributed by atoms with Gasteiger partial charge in [-0.25, -0.2) is 0 Å². The van der Waals surface area contributed by atoms with Gasteiger partial charge in [-0.1, -0.05) is 81.7 Å². The molecular weight excluding hydrogens is 468 g/mol. The maximum atomic E-state index is 10.4. The van der Waals surface area contributed by atoms with Gasteiger partial charge in [-0.15, -0.1) is 0 Å². The average molecular weight is 523 g/mol. The summed E-state index contributed by atoms with van der Waals surface area (Å²) in [5.74, 6) is 2.30. The predicted molar refractivity (Wildman–Crippen MR) is 158 cm³/mol. The minimum absolute atomic E-state index is 0.0673. The lowest BCUT2D eigenvalue weighted by Crippen LogP contribution is -2.38. The van der Waals surface area contributed by atoms with Gasteiger partial charge in [0.1, 0.15) is 0 Å². The van der Waals surface area contributed by atoms with Crippen molar-refractivity contribution in [2.45, 2.75) is 117 Å². The van der Waals surface area contributed by atoms with Gasteiger partial charge in [0.05, 0.1) is 11.7 Å². The summed E-state index contributed by atoms with van der Waals surface area (Å²) in [7, 11) is 0. The van der Waals surface area contributed by atoms with Crippen molar-refractivity contribution >= 4 is 0 Å². The second kappa shape index (κ2) is 11.6. The van der Waals surface area contributed by atoms with Gasteiger partial charge >= 0.3 is 0 Å². The molecule has 3 nitrogen and oxygen atoms in total. The Morgan fingerprint density at radius 3 is 2.61 bits per heavy atom. The lowest BCUT2D eigenvalue weighted by Gasteiger charge is -2.45. The van der Waals surface area contributed by atoms with Gasteiger partial charge in [-0.3, -0.25) is 0 Å². The third-order valence-corrected chi connectivity index (χ3v) is 11.1. The molecule has 0 radical (unpaired) electrons. The molecule has 0 saturated heterocycles. The Balaban J connectivity index is 1.41. The van der Waals surface area contributed by atoms with E-state index in [0.29, 0.717) is 17.8 Å². The molecule has 0 spiro atoms. The average Bonchev–Trinajstić information content (AvgIpc) is 3.21. The summed E-state index contributed by atoms with van der Waals surface area (Å²) in [5, 5.41) is 30.7. The van der Waals surface area contributed by atoms with Crippen molar-refractivity contribution in [2.24, 2.45) is 34.5 Å². The lowest BCUT2D eigenvalue weighted by atomic mass is 9.60. The largest absolute Gasteiger partial charge is 0.396 e. The highest BCUT2D eigenvalue weighted by atomic mass is 16.3. The maximum absolute atomic E-state index is 10.4. The van der Waals surface area contributed by atoms with Gasteiger partial charge in [-0.05, 0) is 117 Å². The highest BCUT2D eigenvalue weighted by molar-refractivity contribution is 5.29. The zero-order valence-electron chi connectivity index (χ0n) is 25.0. The smallest absolute Gasteiger partial charge is 0.0840 e. The van der Waals surface area contributed by atoms with E-state index in [1.807, 2.05) is 19.9 Å². The molecule has 1 aromatic carbocycles. The first kappa shape index (κ1) is 29.6. The third kappa shape index (κ3) is 6.16. The molecule has 4 rings (SSSR count). The van der Waals surface area contributed by atoms with Crippen LogP contribution < -0.4 is 0 Å². The zero-order valence-corrected chi connectivity index (χ0v) is 25.0. The highest BCUT2D eigenvalue weighted by Crippen LogP contribution is 2.60. The quantitative estimate of drug-likeness (QED) is 0.327. The number of hydrogen-bond donors (Lipinski definition) is 3. The molecule has 212 valence electrons. The van der Waals surface area contributed by atoms with Crippen LogP contribution in [0, 0.1) is 34.5 Å². The van der Waals surface area contributed by atoms with E-state index in [4.69, 9.17) is 0 Å². The van der Waals surface area contributed by atoms with Crippen LogP contribution in [-0.2, 0) is 12.0 Å². The summed E-state index contributed by atoms with van der Waals surface area (Å²) in [5.41, 5.74) is 4.80. The number of aryl methyl sites for hydroxylation is 1. The number of benzene rings is 1. The van der Waals surface area contributed by atoms with Crippen molar-refractivity contribution in [3.63, 3.8) is 0 Å². The molecule has 38 heavy (non-hydrogen) atoms. The topological polar surface area (TPSA) is 60.7 Å². The lowest BCUT2D eigenvalue weighted by molar-refractivity contribution is 0.0375. The van der Waals surface area contributed by atoms with Gasteiger partial charge in [0.2, 0.25) is 0 Å². The number of rotatable bonds is 8. The Kier molecular flexibility index (Phi) is 9.02. The Labute approximate surface area is 232 Å². The summed E-state index contributed by atoms with van der Waals surface area (Å²) in [6.07, 6.45) is 15.8. The predicted octanol–water partition coefficient (Wildman–Crippen LogP) is 7.73. The van der Waals surface area contributed by atoms with Crippen LogP contribution in [0.2, 0.25) is 0 Å². The van der Waals surface area contributed by atoms with Crippen molar-refractivity contribution in [1.82, 2.24) is 0 Å². The van der Waals surface area contributed by atoms with E-state index in [1.54, 1.807) is 5.57 Å². The van der Waals surface area contributed by atoms with Gasteiger partial charge in [0.25, 0.3) is 0 Å². The van der Waals surface area contributed by atoms with Crippen LogP contribution in [-0.4, -0.2) is 28.0 Å². The Morgan fingerprint density at radius 1 is 1.13 bits per heavy atom. The number of fused-ring (bicyclic) bond motifs is 1. The fourth-order valence-corrected chi connectivity index (χ4v) is 8.43. The summed E-state index contributed by atoms with van der Waals surface area (Å²) in [6.45, 7) is 13.4. The van der Waals surface area contributed by atoms with Crippen LogP contribution in [0.15, 0.2) is 47.6 Å². The Hall–Kier alpha value is -1.42. The van der Waals surface area contributed by atoms with Crippen molar-refractivity contribution in [3.05, 3.63) is 58.7 Å². The highest BCUT2D eigenvalue weighted by Gasteiger charge is 2.50. The van der Waals surface area contributed by atoms with Crippen LogP contribution in [0.25, 0.3) is 0 Å². The van der Waals surface area contributed by atoms with Gasteiger partial charge in [-0.2, -0.15) is 0 Å². The maximum Gasteiger partial charge on any atom is 0.0840 e. The number of aliphatic hydroxyl groups is 3. The SMILES string of the molecule is C[C@@H](CCCc1cccc(C(C)(C)O)c1)[C@H]1CC[C@H]2/C(=C/C=C3/C[C@H](O)C[C@@H](CO)C3(C)C)CCC[C@]12C. The molecule has 0 aliphatic heterocycles. The first-order valence-corrected chi connectivity index (χ1v) is 15.4. The van der Waals surface area contributed by atoms with E-state index in [9.17, 15) is 15.3 Å². The van der Waals surface area contributed by atoms with E-state index in [-0.39, 0.29) is 24.0 Å². The molecule has 0 unspecified atom stereocenters. The Morgan fingerprint density at radius 2 is 1.89 bits per heavy atom. The van der Waals surface area contributed by atoms with Crippen LogP contribution >= 0.6 is 0 Å². The first-order valence-electron chi connectivity index (χ1n) is 15.4. The van der Waals surface area contributed by atoms with Crippen LogP contribution in [0.1, 0.15) is 110 Å². The van der Waals surface area contributed by atoms with Crippen molar-refractivity contribution in [1.29, 1.82) is 0 Å². The summed E-state index contributed by atoms with van der Waals surface area (Å²) < 4.78 is 0. The van der Waals surface area contributed by atoms with E-state index in [2.05, 4.69) is 58.0 Å². The zero-order chi connectivity index (χ0) is 27.7. The van der Waals surface area contributed by atoms with Crippen molar-refractivity contribution < 1.29 is 15.3 Å². The van der Waals surface area contributed by atoms with Crippen molar-refractivity contribution in [3.8, 4) is 0 Å². The second-order valence-electron chi connectivity index (χ2n) is 14.4. The monoisotopic (exact) mass is 522 g/mol. The molecule has 3 aliphatic rings. The standard InChI is InChI=1S/C35H54O3/c1-24(10-7-11-25-12-8-14-28(20-25)34(4,5)38)31-17-18-32-26(13-9-19-35(31,32)6)15-16-27-21-30(37)22-29(23-36)33(27,2)3/h8,12,14-16,20,24,29-32,36-38H,7,9-11,13,17-19,21-23H2,1-6H3/b26-15+,27-16-/t24-,29-,30-,31+,32-,35+/m0/s1. The number of aliphatic hydroxyl groups excluding tert-OH is 2. The molecular formula is C35H54O3. The first-order chi connectivity index (χ1) is 17.9. The summed E-state index contributed by atoms with van der Waals surface area (Å²) >= 11 is 0. The Bertz CT molecular complexity index is 1010. The second-order valence-corrected chi connectivity index (χ2v) is 14.4. The van der Waals surface area contributed by atoms with E-state index in [1.165, 1.54) is 56.1 Å². The summed E-state index contributed by atoms with van der Waals surface area (Å²) in [6, 6.07) is 8.49. The van der Waals surface area contributed by atoms with Crippen molar-refractivity contribution in [2.75, 3.05) is 6.61 Å². The molecule has 6 atom stereocenters. The molecule has 3 fully saturated rings. The van der Waals surface area contributed by atoms with Gasteiger partial charge in [0, 0.05) is 6.61 Å². The van der Waals surface area contributed by atoms with Crippen LogP contribution in [0.4, 0.5) is 0 Å². The minimum Gasteiger partial charge on any atom is -0.396 e. The molecule has 3 saturated carbocycles. The van der Waals surface area contributed by atoms with Gasteiger partial charge in [0.15, 0.2) is 0 Å². The number of hydrogen-bond acceptors (Lipinski definition) is 3. The molecule has 0 amide bonds. The molecule has 0 aromatic heterocycles. The molecule has 0 bridgehead atoms. The molecule has 3 heteroatoms. The van der Waals surface area contributed by atoms with E-state index in [0.717, 1.165) is 30.2 Å². The third-order valence-electron chi connectivity index (χ3n) is 11.1. The fraction of sp³-hybridized carbons (Fsp3) is 0.714. The van der Waals surface area contributed by atoms with E-state index >= 15 is 0 Å². The van der Waals surface area contributed by atoms with Gasteiger partial charge < -0.3 is 15.3 Å². The molecule has 0 heterocycles. The van der Waals surface area contributed by atoms with E-state index < -0.39 is 5.60 Å². The molecule has 1 aromatic rings.